The first-order valence-electron chi connectivity index (χ1n) is 7.11. The van der Waals surface area contributed by atoms with E-state index in [-0.39, 0.29) is 17.6 Å². The maximum Gasteiger partial charge on any atom is 0.251 e. The van der Waals surface area contributed by atoms with E-state index in [0.717, 1.165) is 5.56 Å². The summed E-state index contributed by atoms with van der Waals surface area (Å²) in [6, 6.07) is 12.9. The monoisotopic (exact) mass is 312 g/mol. The highest BCUT2D eigenvalue weighted by Gasteiger charge is 2.03. The van der Waals surface area contributed by atoms with E-state index in [1.54, 1.807) is 49.5 Å². The number of rotatable bonds is 5. The molecule has 0 aliphatic rings. The van der Waals surface area contributed by atoms with Crippen LogP contribution < -0.4 is 10.6 Å². The molecule has 0 bridgehead atoms. The van der Waals surface area contributed by atoms with E-state index in [1.165, 1.54) is 18.2 Å². The van der Waals surface area contributed by atoms with Crippen LogP contribution in [0.1, 0.15) is 21.5 Å². The van der Waals surface area contributed by atoms with Crippen LogP contribution in [0, 0.1) is 5.82 Å². The predicted octanol–water partition coefficient (Wildman–Crippen LogP) is 2.51. The van der Waals surface area contributed by atoms with Crippen molar-refractivity contribution in [2.75, 3.05) is 7.05 Å². The lowest BCUT2D eigenvalue weighted by molar-refractivity contribution is -0.116. The van der Waals surface area contributed by atoms with Crippen LogP contribution in [0.2, 0.25) is 0 Å². The highest BCUT2D eigenvalue weighted by molar-refractivity contribution is 5.94. The third-order valence-electron chi connectivity index (χ3n) is 3.19. The molecule has 2 aromatic rings. The van der Waals surface area contributed by atoms with Crippen LogP contribution in [-0.4, -0.2) is 18.9 Å². The second kappa shape index (κ2) is 7.89. The van der Waals surface area contributed by atoms with Crippen molar-refractivity contribution in [1.29, 1.82) is 0 Å². The third-order valence-corrected chi connectivity index (χ3v) is 3.19. The number of hydrogen-bond acceptors (Lipinski definition) is 2. The second-order valence-electron chi connectivity index (χ2n) is 4.88. The molecule has 4 nitrogen and oxygen atoms in total. The number of hydrogen-bond donors (Lipinski definition) is 2. The molecule has 2 N–H and O–H groups in total. The predicted molar refractivity (Wildman–Crippen MR) is 87.1 cm³/mol. The minimum Gasteiger partial charge on any atom is -0.355 e. The molecule has 0 radical (unpaired) electrons. The van der Waals surface area contributed by atoms with Gasteiger partial charge in [-0.2, -0.15) is 0 Å². The maximum absolute atomic E-state index is 13.0. The second-order valence-corrected chi connectivity index (χ2v) is 4.88. The van der Waals surface area contributed by atoms with Gasteiger partial charge in [-0.25, -0.2) is 4.39 Å². The molecular formula is C18H17FN2O2. The Morgan fingerprint density at radius 1 is 1.13 bits per heavy atom. The average molecular weight is 312 g/mol. The van der Waals surface area contributed by atoms with Crippen LogP contribution in [0.15, 0.2) is 54.6 Å². The Kier molecular flexibility index (Phi) is 5.63. The van der Waals surface area contributed by atoms with Crippen molar-refractivity contribution in [2.24, 2.45) is 0 Å². The highest BCUT2D eigenvalue weighted by atomic mass is 19.1. The standard InChI is InChI=1S/C18H17FN2O2/c1-20-18(23)15-8-5-14(6-9-15)12-21-17(22)10-7-13-3-2-4-16(19)11-13/h2-11H,12H2,1H3,(H,20,23)(H,21,22)/b10-7+. The molecule has 0 aromatic heterocycles. The lowest BCUT2D eigenvalue weighted by atomic mass is 10.1. The Bertz CT molecular complexity index is 724. The molecule has 118 valence electrons. The molecule has 0 saturated carbocycles. The number of benzene rings is 2. The molecule has 0 aliphatic carbocycles. The molecular weight excluding hydrogens is 295 g/mol. The summed E-state index contributed by atoms with van der Waals surface area (Å²) in [6.07, 6.45) is 2.90. The number of nitrogens with one attached hydrogen (secondary N) is 2. The molecule has 0 heterocycles. The highest BCUT2D eigenvalue weighted by Crippen LogP contribution is 2.06. The summed E-state index contributed by atoms with van der Waals surface area (Å²) < 4.78 is 13.0. The van der Waals surface area contributed by atoms with Crippen LogP contribution in [0.5, 0.6) is 0 Å². The lowest BCUT2D eigenvalue weighted by Gasteiger charge is -2.04. The van der Waals surface area contributed by atoms with Gasteiger partial charge in [-0.3, -0.25) is 9.59 Å². The molecule has 2 aromatic carbocycles. The molecule has 0 aliphatic heterocycles. The molecule has 0 unspecified atom stereocenters. The number of carbonyl (C=O) groups is 2. The van der Waals surface area contributed by atoms with Crippen LogP contribution in [-0.2, 0) is 11.3 Å². The maximum atomic E-state index is 13.0. The summed E-state index contributed by atoms with van der Waals surface area (Å²) in [5.41, 5.74) is 2.06. The van der Waals surface area contributed by atoms with Gasteiger partial charge in [0.2, 0.25) is 5.91 Å². The van der Waals surface area contributed by atoms with Crippen LogP contribution in [0.3, 0.4) is 0 Å². The van der Waals surface area contributed by atoms with E-state index < -0.39 is 0 Å². The van der Waals surface area contributed by atoms with Gasteiger partial charge in [0.15, 0.2) is 0 Å². The largest absolute Gasteiger partial charge is 0.355 e. The molecule has 0 saturated heterocycles. The Morgan fingerprint density at radius 2 is 1.87 bits per heavy atom. The lowest BCUT2D eigenvalue weighted by Crippen LogP contribution is -2.20. The van der Waals surface area contributed by atoms with Gasteiger partial charge in [0.25, 0.3) is 5.91 Å². The minimum absolute atomic E-state index is 0.154. The van der Waals surface area contributed by atoms with Gasteiger partial charge in [-0.05, 0) is 41.5 Å². The molecule has 5 heteroatoms. The van der Waals surface area contributed by atoms with Gasteiger partial charge >= 0.3 is 0 Å². The summed E-state index contributed by atoms with van der Waals surface area (Å²) in [5.74, 6) is -0.771. The fraction of sp³-hybridized carbons (Fsp3) is 0.111. The van der Waals surface area contributed by atoms with Crippen molar-refractivity contribution in [3.63, 3.8) is 0 Å². The van der Waals surface area contributed by atoms with E-state index in [0.29, 0.717) is 17.7 Å². The zero-order chi connectivity index (χ0) is 16.7. The average Bonchev–Trinajstić information content (AvgIpc) is 2.58. The van der Waals surface area contributed by atoms with Gasteiger partial charge in [0.05, 0.1) is 0 Å². The molecule has 0 fully saturated rings. The number of carbonyl (C=O) groups excluding carboxylic acids is 2. The normalized spacial score (nSPS) is 10.5. The van der Waals surface area contributed by atoms with E-state index in [4.69, 9.17) is 0 Å². The Balaban J connectivity index is 1.88. The van der Waals surface area contributed by atoms with Crippen molar-refractivity contribution in [2.45, 2.75) is 6.54 Å². The van der Waals surface area contributed by atoms with Gasteiger partial charge in [0.1, 0.15) is 5.82 Å². The van der Waals surface area contributed by atoms with Crippen LogP contribution >= 0.6 is 0 Å². The summed E-state index contributed by atoms with van der Waals surface area (Å²) in [7, 11) is 1.57. The SMILES string of the molecule is CNC(=O)c1ccc(CNC(=O)/C=C/c2cccc(F)c2)cc1. The van der Waals surface area contributed by atoms with Gasteiger partial charge < -0.3 is 10.6 Å². The first-order valence-corrected chi connectivity index (χ1v) is 7.11. The van der Waals surface area contributed by atoms with Gasteiger partial charge in [-0.1, -0.05) is 24.3 Å². The number of halogens is 1. The molecule has 0 atom stereocenters. The topological polar surface area (TPSA) is 58.2 Å². The van der Waals surface area contributed by atoms with E-state index in [9.17, 15) is 14.0 Å². The quantitative estimate of drug-likeness (QED) is 0.834. The first kappa shape index (κ1) is 16.4. The number of amides is 2. The van der Waals surface area contributed by atoms with Gasteiger partial charge in [-0.15, -0.1) is 0 Å². The summed E-state index contributed by atoms with van der Waals surface area (Å²) in [6.45, 7) is 0.348. The first-order chi connectivity index (χ1) is 11.1. The summed E-state index contributed by atoms with van der Waals surface area (Å²) in [5, 5.41) is 5.27. The Morgan fingerprint density at radius 3 is 2.52 bits per heavy atom. The van der Waals surface area contributed by atoms with E-state index in [2.05, 4.69) is 10.6 Å². The van der Waals surface area contributed by atoms with Crippen molar-refractivity contribution in [3.8, 4) is 0 Å². The van der Waals surface area contributed by atoms with E-state index >= 15 is 0 Å². The van der Waals surface area contributed by atoms with Gasteiger partial charge in [0, 0.05) is 25.2 Å². The van der Waals surface area contributed by atoms with Crippen molar-refractivity contribution < 1.29 is 14.0 Å². The summed E-state index contributed by atoms with van der Waals surface area (Å²) >= 11 is 0. The Labute approximate surface area is 134 Å². The fourth-order valence-electron chi connectivity index (χ4n) is 1.95. The van der Waals surface area contributed by atoms with Crippen LogP contribution in [0.25, 0.3) is 6.08 Å². The third kappa shape index (κ3) is 5.07. The zero-order valence-corrected chi connectivity index (χ0v) is 12.7. The summed E-state index contributed by atoms with van der Waals surface area (Å²) in [4.78, 5) is 23.2. The smallest absolute Gasteiger partial charge is 0.251 e. The Hall–Kier alpha value is -2.95. The fourth-order valence-corrected chi connectivity index (χ4v) is 1.95. The molecule has 2 rings (SSSR count). The minimum atomic E-state index is -0.344. The zero-order valence-electron chi connectivity index (χ0n) is 12.7. The molecule has 0 spiro atoms. The van der Waals surface area contributed by atoms with Crippen molar-refractivity contribution in [3.05, 3.63) is 77.1 Å². The van der Waals surface area contributed by atoms with E-state index in [1.807, 2.05) is 0 Å². The molecule has 2 amide bonds. The van der Waals surface area contributed by atoms with Crippen molar-refractivity contribution in [1.82, 2.24) is 10.6 Å². The van der Waals surface area contributed by atoms with Crippen LogP contribution in [0.4, 0.5) is 4.39 Å². The molecule has 23 heavy (non-hydrogen) atoms. The van der Waals surface area contributed by atoms with Crippen molar-refractivity contribution >= 4 is 17.9 Å².